The molecule has 0 aliphatic heterocycles. The predicted octanol–water partition coefficient (Wildman–Crippen LogP) is 4.53. The minimum Gasteiger partial charge on any atom is -0.368 e. The van der Waals surface area contributed by atoms with Gasteiger partial charge in [0.15, 0.2) is 0 Å². The van der Waals surface area contributed by atoms with Gasteiger partial charge in [-0.3, -0.25) is 0 Å². The molecule has 0 amide bonds. The molecular weight excluding hydrogens is 256 g/mol. The van der Waals surface area contributed by atoms with Crippen molar-refractivity contribution < 1.29 is 13.3 Å². The Kier molecular flexibility index (Phi) is 4.63. The summed E-state index contributed by atoms with van der Waals surface area (Å²) in [7, 11) is -2.67. The van der Waals surface area contributed by atoms with Gasteiger partial charge in [-0.1, -0.05) is 0 Å². The Hall–Kier alpha value is 0.0969. The predicted molar refractivity (Wildman–Crippen MR) is 81.3 cm³/mol. The second kappa shape index (κ2) is 5.13. The van der Waals surface area contributed by atoms with Gasteiger partial charge in [-0.15, -0.1) is 0 Å². The molecule has 0 aromatic heterocycles. The average molecular weight is 289 g/mol. The summed E-state index contributed by atoms with van der Waals surface area (Å²) in [6.45, 7) is 18.7. The Bertz CT molecular complexity index is 262. The van der Waals surface area contributed by atoms with Gasteiger partial charge in [-0.25, -0.2) is 0 Å². The molecule has 4 heteroatoms. The summed E-state index contributed by atoms with van der Waals surface area (Å²) < 4.78 is 19.2. The standard InChI is InChI=1S/C15H32O3Si/c1-13(2,3)16-19(12-10-11-12,17-14(4,5)6)18-15(7,8)9/h12H,10-11H2,1-9H3. The molecule has 0 unspecified atom stereocenters. The Labute approximate surface area is 120 Å². The first-order chi connectivity index (χ1) is 8.23. The van der Waals surface area contributed by atoms with Crippen molar-refractivity contribution in [2.75, 3.05) is 0 Å². The highest BCUT2D eigenvalue weighted by Crippen LogP contribution is 2.50. The largest absolute Gasteiger partial charge is 0.505 e. The van der Waals surface area contributed by atoms with Gasteiger partial charge in [-0.2, -0.15) is 0 Å². The molecule has 0 bridgehead atoms. The summed E-state index contributed by atoms with van der Waals surface area (Å²) in [6.07, 6.45) is 2.32. The monoisotopic (exact) mass is 288 g/mol. The zero-order valence-electron chi connectivity index (χ0n) is 14.2. The van der Waals surface area contributed by atoms with Crippen LogP contribution in [-0.2, 0) is 13.3 Å². The van der Waals surface area contributed by atoms with E-state index in [1.54, 1.807) is 0 Å². The molecule has 0 atom stereocenters. The van der Waals surface area contributed by atoms with E-state index in [9.17, 15) is 0 Å². The first kappa shape index (κ1) is 17.1. The SMILES string of the molecule is CC(C)(C)O[Si](OC(C)(C)C)(OC(C)(C)C)C1CC1. The summed E-state index contributed by atoms with van der Waals surface area (Å²) in [5, 5.41) is 0. The molecule has 1 fully saturated rings. The minimum absolute atomic E-state index is 0.245. The van der Waals surface area contributed by atoms with Crippen molar-refractivity contribution in [3.8, 4) is 0 Å². The normalized spacial score (nSPS) is 18.8. The second-order valence-corrected chi connectivity index (χ2v) is 11.2. The zero-order valence-corrected chi connectivity index (χ0v) is 15.2. The maximum absolute atomic E-state index is 6.40. The fourth-order valence-electron chi connectivity index (χ4n) is 2.03. The number of hydrogen-bond donors (Lipinski definition) is 0. The van der Waals surface area contributed by atoms with E-state index in [0.717, 1.165) is 12.8 Å². The lowest BCUT2D eigenvalue weighted by Gasteiger charge is -2.43. The molecule has 1 aliphatic rings. The van der Waals surface area contributed by atoms with Crippen LogP contribution in [0.4, 0.5) is 0 Å². The molecule has 0 saturated heterocycles. The zero-order chi connectivity index (χ0) is 15.1. The van der Waals surface area contributed by atoms with Crippen LogP contribution in [-0.4, -0.2) is 25.6 Å². The Morgan fingerprint density at radius 2 is 0.895 bits per heavy atom. The van der Waals surface area contributed by atoms with Gasteiger partial charge in [0.2, 0.25) is 0 Å². The Morgan fingerprint density at radius 3 is 1.05 bits per heavy atom. The lowest BCUT2D eigenvalue weighted by atomic mass is 10.2. The quantitative estimate of drug-likeness (QED) is 0.711. The maximum atomic E-state index is 6.40. The van der Waals surface area contributed by atoms with Gasteiger partial charge in [0.05, 0.1) is 16.8 Å². The molecule has 0 heterocycles. The van der Waals surface area contributed by atoms with Crippen molar-refractivity contribution in [2.45, 2.75) is 97.5 Å². The van der Waals surface area contributed by atoms with Crippen molar-refractivity contribution in [1.82, 2.24) is 0 Å². The van der Waals surface area contributed by atoms with Crippen LogP contribution in [0.25, 0.3) is 0 Å². The van der Waals surface area contributed by atoms with Crippen molar-refractivity contribution in [3.05, 3.63) is 0 Å². The Balaban J connectivity index is 3.03. The van der Waals surface area contributed by atoms with Crippen molar-refractivity contribution in [3.63, 3.8) is 0 Å². The minimum atomic E-state index is -2.67. The van der Waals surface area contributed by atoms with E-state index in [4.69, 9.17) is 13.3 Å². The highest BCUT2D eigenvalue weighted by molar-refractivity contribution is 6.63. The summed E-state index contributed by atoms with van der Waals surface area (Å²) in [6, 6.07) is 0. The number of rotatable bonds is 4. The van der Waals surface area contributed by atoms with Crippen molar-refractivity contribution in [1.29, 1.82) is 0 Å². The van der Waals surface area contributed by atoms with E-state index in [-0.39, 0.29) is 16.8 Å². The third kappa shape index (κ3) is 6.39. The third-order valence-electron chi connectivity index (χ3n) is 2.42. The second-order valence-electron chi connectivity index (χ2n) is 8.52. The average Bonchev–Trinajstić information content (AvgIpc) is 2.70. The van der Waals surface area contributed by atoms with E-state index in [1.165, 1.54) is 0 Å². The van der Waals surface area contributed by atoms with Crippen LogP contribution in [0.15, 0.2) is 0 Å². The van der Waals surface area contributed by atoms with Gasteiger partial charge >= 0.3 is 8.80 Å². The maximum Gasteiger partial charge on any atom is 0.505 e. The van der Waals surface area contributed by atoms with Crippen molar-refractivity contribution in [2.24, 2.45) is 0 Å². The van der Waals surface area contributed by atoms with Crippen LogP contribution in [0.5, 0.6) is 0 Å². The van der Waals surface area contributed by atoms with Gasteiger partial charge < -0.3 is 13.3 Å². The molecule has 0 aromatic carbocycles. The summed E-state index contributed by atoms with van der Waals surface area (Å²) in [4.78, 5) is 0. The summed E-state index contributed by atoms with van der Waals surface area (Å²) >= 11 is 0. The Morgan fingerprint density at radius 1 is 0.632 bits per heavy atom. The fourth-order valence-corrected chi connectivity index (χ4v) is 6.09. The van der Waals surface area contributed by atoms with Crippen molar-refractivity contribution >= 4 is 8.80 Å². The van der Waals surface area contributed by atoms with Crippen LogP contribution in [0.2, 0.25) is 5.54 Å². The van der Waals surface area contributed by atoms with Gasteiger partial charge in [0, 0.05) is 5.54 Å². The number of hydrogen-bond acceptors (Lipinski definition) is 3. The molecular formula is C15H32O3Si. The van der Waals surface area contributed by atoms with E-state index >= 15 is 0 Å². The lowest BCUT2D eigenvalue weighted by molar-refractivity contribution is -0.0765. The molecule has 0 spiro atoms. The van der Waals surface area contributed by atoms with E-state index in [2.05, 4.69) is 62.3 Å². The molecule has 0 radical (unpaired) electrons. The fraction of sp³-hybridized carbons (Fsp3) is 1.00. The molecule has 114 valence electrons. The molecule has 3 nitrogen and oxygen atoms in total. The van der Waals surface area contributed by atoms with Crippen LogP contribution in [0.1, 0.15) is 75.2 Å². The first-order valence-corrected chi connectivity index (χ1v) is 9.13. The van der Waals surface area contributed by atoms with E-state index < -0.39 is 8.80 Å². The third-order valence-corrected chi connectivity index (χ3v) is 6.69. The van der Waals surface area contributed by atoms with Crippen LogP contribution in [0.3, 0.4) is 0 Å². The molecule has 1 rings (SSSR count). The molecule has 1 saturated carbocycles. The van der Waals surface area contributed by atoms with Crippen LogP contribution >= 0.6 is 0 Å². The lowest BCUT2D eigenvalue weighted by Crippen LogP contribution is -2.57. The van der Waals surface area contributed by atoms with Crippen LogP contribution in [0, 0.1) is 0 Å². The molecule has 19 heavy (non-hydrogen) atoms. The molecule has 1 aliphatic carbocycles. The first-order valence-electron chi connectivity index (χ1n) is 7.33. The topological polar surface area (TPSA) is 27.7 Å². The van der Waals surface area contributed by atoms with Gasteiger partial charge in [0.1, 0.15) is 0 Å². The smallest absolute Gasteiger partial charge is 0.368 e. The van der Waals surface area contributed by atoms with E-state index in [1.807, 2.05) is 0 Å². The van der Waals surface area contributed by atoms with Crippen LogP contribution < -0.4 is 0 Å². The highest BCUT2D eigenvalue weighted by Gasteiger charge is 2.60. The van der Waals surface area contributed by atoms with Gasteiger partial charge in [-0.05, 0) is 75.2 Å². The molecule has 0 aromatic rings. The molecule has 0 N–H and O–H groups in total. The van der Waals surface area contributed by atoms with Gasteiger partial charge in [0.25, 0.3) is 0 Å². The van der Waals surface area contributed by atoms with E-state index in [0.29, 0.717) is 5.54 Å². The summed E-state index contributed by atoms with van der Waals surface area (Å²) in [5.41, 5.74) is -0.271. The summed E-state index contributed by atoms with van der Waals surface area (Å²) in [5.74, 6) is 0. The highest BCUT2D eigenvalue weighted by atomic mass is 28.4.